The zero-order valence-electron chi connectivity index (χ0n) is 11.3. The first-order valence-electron chi connectivity index (χ1n) is 6.45. The third-order valence-corrected chi connectivity index (χ3v) is 3.36. The predicted octanol–water partition coefficient (Wildman–Crippen LogP) is 4.15. The average Bonchev–Trinajstić information content (AvgIpc) is 2.85. The van der Waals surface area contributed by atoms with Gasteiger partial charge in [0, 0.05) is 37.4 Å². The number of fused-ring (bicyclic) bond motifs is 3. The molecule has 0 N–H and O–H groups in total. The van der Waals surface area contributed by atoms with Gasteiger partial charge in [-0.25, -0.2) is 4.98 Å². The molecule has 0 saturated heterocycles. The zero-order valence-corrected chi connectivity index (χ0v) is 13.6. The van der Waals surface area contributed by atoms with Crippen molar-refractivity contribution in [3.05, 3.63) is 60.4 Å². The van der Waals surface area contributed by atoms with Gasteiger partial charge in [0.1, 0.15) is 0 Å². The van der Waals surface area contributed by atoms with E-state index in [2.05, 4.69) is 16.0 Å². The number of hydrogen-bond acceptors (Lipinski definition) is 3. The van der Waals surface area contributed by atoms with E-state index in [4.69, 9.17) is 4.42 Å². The molecule has 0 aliphatic heterocycles. The summed E-state index contributed by atoms with van der Waals surface area (Å²) in [6.45, 7) is 1.96. The molecule has 0 unspecified atom stereocenters. The summed E-state index contributed by atoms with van der Waals surface area (Å²) >= 11 is 0. The van der Waals surface area contributed by atoms with Crippen LogP contribution in [0.4, 0.5) is 0 Å². The van der Waals surface area contributed by atoms with Gasteiger partial charge in [0.2, 0.25) is 5.71 Å². The van der Waals surface area contributed by atoms with Crippen LogP contribution in [0.3, 0.4) is 0 Å². The maximum atomic E-state index is 5.94. The Labute approximate surface area is 135 Å². The fourth-order valence-corrected chi connectivity index (χ4v) is 2.42. The molecule has 3 aromatic heterocycles. The van der Waals surface area contributed by atoms with Crippen molar-refractivity contribution in [3.8, 4) is 11.3 Å². The predicted molar refractivity (Wildman–Crippen MR) is 78.3 cm³/mol. The molecule has 4 heteroatoms. The minimum absolute atomic E-state index is 0. The molecule has 0 amide bonds. The molecule has 1 aromatic carbocycles. The van der Waals surface area contributed by atoms with Crippen LogP contribution in [0.1, 0.15) is 5.69 Å². The molecule has 4 rings (SSSR count). The zero-order chi connectivity index (χ0) is 13.5. The third kappa shape index (κ3) is 2.27. The van der Waals surface area contributed by atoms with E-state index in [1.54, 1.807) is 6.20 Å². The number of aromatic nitrogens is 2. The van der Waals surface area contributed by atoms with Crippen molar-refractivity contribution < 1.29 is 24.5 Å². The average molecular weight is 452 g/mol. The summed E-state index contributed by atoms with van der Waals surface area (Å²) in [4.78, 5) is 8.82. The Kier molecular flexibility index (Phi) is 3.58. The summed E-state index contributed by atoms with van der Waals surface area (Å²) in [5, 5.41) is 2.07. The molecule has 21 heavy (non-hydrogen) atoms. The van der Waals surface area contributed by atoms with Crippen LogP contribution in [-0.4, -0.2) is 9.97 Å². The number of aryl methyl sites for hydroxylation is 1. The standard InChI is InChI=1S/C17H11N2O.Ir/c1-11-8-9-13-12-5-4-6-14(15-7-2-3-10-18-15)16(12)20-17(13)19-11;/h2-5,7-10H,1H3;/q-1;. The molecule has 0 spiro atoms. The molecule has 0 aliphatic carbocycles. The van der Waals surface area contributed by atoms with E-state index in [-0.39, 0.29) is 20.1 Å². The Hall–Kier alpha value is -2.03. The largest absolute Gasteiger partial charge is 0.486 e. The molecule has 0 saturated carbocycles. The van der Waals surface area contributed by atoms with E-state index in [1.165, 1.54) is 0 Å². The maximum Gasteiger partial charge on any atom is 0.216 e. The molecule has 0 atom stereocenters. The molecule has 3 nitrogen and oxygen atoms in total. The van der Waals surface area contributed by atoms with Crippen LogP contribution < -0.4 is 0 Å². The van der Waals surface area contributed by atoms with E-state index < -0.39 is 0 Å². The van der Waals surface area contributed by atoms with Gasteiger partial charge in [0.25, 0.3) is 0 Å². The number of pyridine rings is 2. The van der Waals surface area contributed by atoms with Crippen molar-refractivity contribution >= 4 is 22.1 Å². The minimum atomic E-state index is 0. The van der Waals surface area contributed by atoms with E-state index in [1.807, 2.05) is 49.4 Å². The second kappa shape index (κ2) is 5.40. The van der Waals surface area contributed by atoms with Gasteiger partial charge >= 0.3 is 0 Å². The van der Waals surface area contributed by atoms with Crippen LogP contribution in [0, 0.1) is 13.0 Å². The fraction of sp³-hybridized carbons (Fsp3) is 0.0588. The maximum absolute atomic E-state index is 5.94. The van der Waals surface area contributed by atoms with Crippen molar-refractivity contribution in [2.24, 2.45) is 0 Å². The van der Waals surface area contributed by atoms with Crippen molar-refractivity contribution in [1.29, 1.82) is 0 Å². The van der Waals surface area contributed by atoms with Crippen molar-refractivity contribution in [2.45, 2.75) is 6.92 Å². The number of benzene rings is 1. The molecule has 1 radical (unpaired) electrons. The second-order valence-corrected chi connectivity index (χ2v) is 4.72. The number of hydrogen-bond donors (Lipinski definition) is 0. The summed E-state index contributed by atoms with van der Waals surface area (Å²) in [7, 11) is 0. The quantitative estimate of drug-likeness (QED) is 0.408. The molecule has 0 fully saturated rings. The molecule has 0 bridgehead atoms. The Morgan fingerprint density at radius 3 is 2.76 bits per heavy atom. The first-order chi connectivity index (χ1) is 9.83. The van der Waals surface area contributed by atoms with Crippen LogP contribution in [-0.2, 0) is 20.1 Å². The van der Waals surface area contributed by atoms with Crippen molar-refractivity contribution in [3.63, 3.8) is 0 Å². The molecular formula is C17H11IrN2O-. The number of nitrogens with zero attached hydrogens (tertiary/aromatic N) is 2. The first kappa shape index (κ1) is 13.9. The minimum Gasteiger partial charge on any atom is -0.486 e. The normalized spacial score (nSPS) is 10.7. The third-order valence-electron chi connectivity index (χ3n) is 3.36. The van der Waals surface area contributed by atoms with Gasteiger partial charge in [0.15, 0.2) is 0 Å². The van der Waals surface area contributed by atoms with Gasteiger partial charge in [-0.05, 0) is 30.8 Å². The van der Waals surface area contributed by atoms with Gasteiger partial charge in [-0.2, -0.15) is 0 Å². The second-order valence-electron chi connectivity index (χ2n) is 4.72. The first-order valence-corrected chi connectivity index (χ1v) is 6.45. The van der Waals surface area contributed by atoms with Crippen LogP contribution in [0.2, 0.25) is 0 Å². The van der Waals surface area contributed by atoms with Gasteiger partial charge in [-0.1, -0.05) is 23.1 Å². The smallest absolute Gasteiger partial charge is 0.216 e. The summed E-state index contributed by atoms with van der Waals surface area (Å²) in [6, 6.07) is 17.0. The van der Waals surface area contributed by atoms with Crippen LogP contribution in [0.5, 0.6) is 0 Å². The Balaban J connectivity index is 0.00000132. The fourth-order valence-electron chi connectivity index (χ4n) is 2.42. The van der Waals surface area contributed by atoms with Gasteiger partial charge in [0.05, 0.1) is 5.58 Å². The van der Waals surface area contributed by atoms with Gasteiger partial charge in [-0.3, -0.25) is 0 Å². The number of rotatable bonds is 1. The summed E-state index contributed by atoms with van der Waals surface area (Å²) in [5.41, 5.74) is 4.13. The molecule has 3 heterocycles. The van der Waals surface area contributed by atoms with Crippen LogP contribution in [0.15, 0.2) is 53.1 Å². The van der Waals surface area contributed by atoms with Crippen molar-refractivity contribution in [1.82, 2.24) is 9.97 Å². The summed E-state index contributed by atoms with van der Waals surface area (Å²) in [6.07, 6.45) is 1.77. The van der Waals surface area contributed by atoms with Crippen LogP contribution >= 0.6 is 0 Å². The van der Waals surface area contributed by atoms with Crippen LogP contribution in [0.25, 0.3) is 33.3 Å². The monoisotopic (exact) mass is 452 g/mol. The summed E-state index contributed by atoms with van der Waals surface area (Å²) in [5.74, 6) is 0. The molecule has 105 valence electrons. The van der Waals surface area contributed by atoms with E-state index in [0.717, 1.165) is 33.3 Å². The van der Waals surface area contributed by atoms with Gasteiger partial charge < -0.3 is 9.40 Å². The Bertz CT molecular complexity index is 916. The van der Waals surface area contributed by atoms with E-state index in [9.17, 15) is 0 Å². The summed E-state index contributed by atoms with van der Waals surface area (Å²) < 4.78 is 5.94. The SMILES string of the molecule is Cc1ccc2c(n1)oc1c(-c3ccccn3)[c-]ccc12.[Ir]. The Morgan fingerprint density at radius 1 is 1.05 bits per heavy atom. The van der Waals surface area contributed by atoms with Gasteiger partial charge in [-0.15, -0.1) is 18.2 Å². The topological polar surface area (TPSA) is 38.9 Å². The van der Waals surface area contributed by atoms with Crippen molar-refractivity contribution in [2.75, 3.05) is 0 Å². The molecular weight excluding hydrogens is 440 g/mol. The van der Waals surface area contributed by atoms with E-state index >= 15 is 0 Å². The number of furan rings is 1. The Morgan fingerprint density at radius 2 is 1.95 bits per heavy atom. The molecule has 0 aliphatic rings. The molecule has 4 aromatic rings. The van der Waals surface area contributed by atoms with E-state index in [0.29, 0.717) is 5.71 Å².